The Balaban J connectivity index is 3.37. The van der Waals surface area contributed by atoms with Gasteiger partial charge in [-0.1, -0.05) is 13.8 Å². The lowest BCUT2D eigenvalue weighted by Gasteiger charge is -2.17. The van der Waals surface area contributed by atoms with E-state index in [9.17, 15) is 9.50 Å². The lowest BCUT2D eigenvalue weighted by atomic mass is 9.91. The molecule has 0 unspecified atom stereocenters. The summed E-state index contributed by atoms with van der Waals surface area (Å²) in [6.07, 6.45) is 0.385. The molecule has 0 aromatic heterocycles. The predicted molar refractivity (Wildman–Crippen MR) is 29.9 cm³/mol. The second-order valence-corrected chi connectivity index (χ2v) is 2.75. The summed E-state index contributed by atoms with van der Waals surface area (Å²) in [6.45, 7) is 2.99. The van der Waals surface area contributed by atoms with Crippen LogP contribution in [0.15, 0.2) is 0 Å². The van der Waals surface area contributed by atoms with E-state index in [0.717, 1.165) is 0 Å². The number of hydrogen-bond acceptors (Lipinski definition) is 0. The standard InChI is InChI=1S/C6H12FO/c1-6(2,5-8)3-4-7/h3-5H2,1-2H3. The second kappa shape index (κ2) is 3.02. The van der Waals surface area contributed by atoms with Gasteiger partial charge >= 0.3 is 0 Å². The largest absolute Gasteiger partial charge is 0.251 e. The highest BCUT2D eigenvalue weighted by atomic mass is 19.1. The van der Waals surface area contributed by atoms with E-state index in [-0.39, 0.29) is 18.7 Å². The smallest absolute Gasteiger partial charge is 0.0900 e. The molecule has 0 atom stereocenters. The molecule has 0 aliphatic rings. The molecule has 0 aromatic rings. The minimum Gasteiger partial charge on any atom is -0.251 e. The zero-order chi connectivity index (χ0) is 6.62. The van der Waals surface area contributed by atoms with Crippen LogP contribution >= 0.6 is 0 Å². The molecule has 0 N–H and O–H groups in total. The van der Waals surface area contributed by atoms with Crippen LogP contribution in [0.1, 0.15) is 20.3 Å². The van der Waals surface area contributed by atoms with Gasteiger partial charge in [-0.2, -0.15) is 0 Å². The van der Waals surface area contributed by atoms with Gasteiger partial charge < -0.3 is 0 Å². The molecule has 0 aromatic carbocycles. The van der Waals surface area contributed by atoms with Crippen molar-refractivity contribution >= 4 is 0 Å². The first-order chi connectivity index (χ1) is 3.62. The van der Waals surface area contributed by atoms with Gasteiger partial charge in [-0.05, 0) is 11.8 Å². The maximum atomic E-state index is 11.5. The Labute approximate surface area is 49.5 Å². The summed E-state index contributed by atoms with van der Waals surface area (Å²) >= 11 is 0. The van der Waals surface area contributed by atoms with E-state index in [1.54, 1.807) is 13.8 Å². The van der Waals surface area contributed by atoms with Crippen molar-refractivity contribution < 1.29 is 9.50 Å². The zero-order valence-electron chi connectivity index (χ0n) is 5.41. The zero-order valence-corrected chi connectivity index (χ0v) is 5.41. The summed E-state index contributed by atoms with van der Waals surface area (Å²) in [5, 5.41) is 10.2. The van der Waals surface area contributed by atoms with Crippen molar-refractivity contribution in [3.8, 4) is 0 Å². The van der Waals surface area contributed by atoms with E-state index in [4.69, 9.17) is 0 Å². The fourth-order valence-corrected chi connectivity index (χ4v) is 0.328. The summed E-state index contributed by atoms with van der Waals surface area (Å²) in [5.74, 6) is 0. The van der Waals surface area contributed by atoms with E-state index in [0.29, 0.717) is 6.42 Å². The Morgan fingerprint density at radius 2 is 2.00 bits per heavy atom. The van der Waals surface area contributed by atoms with Gasteiger partial charge in [0.2, 0.25) is 0 Å². The monoisotopic (exact) mass is 119 g/mol. The van der Waals surface area contributed by atoms with Crippen LogP contribution in [-0.4, -0.2) is 13.3 Å². The Morgan fingerprint density at radius 3 is 2.12 bits per heavy atom. The molecule has 0 aliphatic heterocycles. The Hall–Kier alpha value is -0.110. The molecule has 0 aliphatic carbocycles. The van der Waals surface area contributed by atoms with E-state index >= 15 is 0 Å². The minimum absolute atomic E-state index is 0.184. The summed E-state index contributed by atoms with van der Waals surface area (Å²) in [6, 6.07) is 0. The molecular formula is C6H12FO. The van der Waals surface area contributed by atoms with Gasteiger partial charge in [0.05, 0.1) is 13.3 Å². The van der Waals surface area contributed by atoms with Crippen molar-refractivity contribution in [2.45, 2.75) is 20.3 Å². The van der Waals surface area contributed by atoms with E-state index < -0.39 is 0 Å². The normalized spacial score (nSPS) is 12.0. The molecule has 0 rings (SSSR count). The van der Waals surface area contributed by atoms with Gasteiger partial charge in [0, 0.05) is 0 Å². The van der Waals surface area contributed by atoms with Crippen LogP contribution in [0.5, 0.6) is 0 Å². The number of hydrogen-bond donors (Lipinski definition) is 0. The highest BCUT2D eigenvalue weighted by Crippen LogP contribution is 2.18. The van der Waals surface area contributed by atoms with Crippen LogP contribution in [0.3, 0.4) is 0 Å². The van der Waals surface area contributed by atoms with Crippen molar-refractivity contribution in [3.05, 3.63) is 0 Å². The van der Waals surface area contributed by atoms with E-state index in [1.165, 1.54) is 0 Å². The molecule has 0 spiro atoms. The second-order valence-electron chi connectivity index (χ2n) is 2.75. The Morgan fingerprint density at radius 1 is 1.50 bits per heavy atom. The number of rotatable bonds is 3. The summed E-state index contributed by atoms with van der Waals surface area (Å²) in [4.78, 5) is 0. The van der Waals surface area contributed by atoms with E-state index in [1.807, 2.05) is 0 Å². The number of alkyl halides is 1. The molecule has 1 radical (unpaired) electrons. The van der Waals surface area contributed by atoms with Crippen LogP contribution in [0.4, 0.5) is 4.39 Å². The quantitative estimate of drug-likeness (QED) is 0.540. The van der Waals surface area contributed by atoms with Crippen molar-refractivity contribution in [2.75, 3.05) is 13.3 Å². The van der Waals surface area contributed by atoms with Gasteiger partial charge in [0.1, 0.15) is 0 Å². The number of halogens is 1. The molecule has 0 fully saturated rings. The summed E-state index contributed by atoms with van der Waals surface area (Å²) in [5.41, 5.74) is -0.339. The molecule has 49 valence electrons. The van der Waals surface area contributed by atoms with Gasteiger partial charge in [0.25, 0.3) is 0 Å². The van der Waals surface area contributed by atoms with Crippen LogP contribution in [-0.2, 0) is 5.11 Å². The molecule has 0 bridgehead atoms. The molecule has 2 heteroatoms. The third-order valence-electron chi connectivity index (χ3n) is 1.16. The molecule has 1 nitrogen and oxygen atoms in total. The van der Waals surface area contributed by atoms with Crippen molar-refractivity contribution in [1.29, 1.82) is 0 Å². The maximum absolute atomic E-state index is 11.5. The summed E-state index contributed by atoms with van der Waals surface area (Å²) in [7, 11) is 0. The SMILES string of the molecule is CC(C)(C[O])CCF. The molecule has 0 amide bonds. The van der Waals surface area contributed by atoms with Gasteiger partial charge in [-0.25, -0.2) is 5.11 Å². The van der Waals surface area contributed by atoms with Crippen LogP contribution in [0.2, 0.25) is 0 Å². The fourth-order valence-electron chi connectivity index (χ4n) is 0.328. The van der Waals surface area contributed by atoms with Crippen LogP contribution in [0.25, 0.3) is 0 Å². The third kappa shape index (κ3) is 2.97. The average molecular weight is 119 g/mol. The molecule has 0 saturated carbocycles. The Kier molecular flexibility index (Phi) is 2.98. The first-order valence-electron chi connectivity index (χ1n) is 2.76. The maximum Gasteiger partial charge on any atom is 0.0900 e. The molecule has 0 heterocycles. The van der Waals surface area contributed by atoms with Gasteiger partial charge in [0.15, 0.2) is 0 Å². The van der Waals surface area contributed by atoms with Crippen LogP contribution < -0.4 is 0 Å². The van der Waals surface area contributed by atoms with Crippen LogP contribution in [0, 0.1) is 5.41 Å². The third-order valence-corrected chi connectivity index (χ3v) is 1.16. The highest BCUT2D eigenvalue weighted by Gasteiger charge is 2.15. The lowest BCUT2D eigenvalue weighted by molar-refractivity contribution is 0.0817. The van der Waals surface area contributed by atoms with E-state index in [2.05, 4.69) is 0 Å². The topological polar surface area (TPSA) is 19.9 Å². The summed E-state index contributed by atoms with van der Waals surface area (Å²) < 4.78 is 11.5. The predicted octanol–water partition coefficient (Wildman–Crippen LogP) is 1.80. The molecule has 0 saturated heterocycles. The molecular weight excluding hydrogens is 107 g/mol. The Bertz CT molecular complexity index is 61.5. The first-order valence-corrected chi connectivity index (χ1v) is 2.76. The lowest BCUT2D eigenvalue weighted by Crippen LogP contribution is -2.15. The molecule has 8 heavy (non-hydrogen) atoms. The fraction of sp³-hybridized carbons (Fsp3) is 1.00. The van der Waals surface area contributed by atoms with Crippen molar-refractivity contribution in [1.82, 2.24) is 0 Å². The first kappa shape index (κ1) is 7.89. The van der Waals surface area contributed by atoms with Gasteiger partial charge in [-0.15, -0.1) is 0 Å². The van der Waals surface area contributed by atoms with Crippen molar-refractivity contribution in [2.24, 2.45) is 5.41 Å². The average Bonchev–Trinajstić information content (AvgIpc) is 1.67. The van der Waals surface area contributed by atoms with Gasteiger partial charge in [-0.3, -0.25) is 4.39 Å². The van der Waals surface area contributed by atoms with Crippen molar-refractivity contribution in [3.63, 3.8) is 0 Å². The highest BCUT2D eigenvalue weighted by molar-refractivity contribution is 4.64. The minimum atomic E-state index is -0.380.